The Morgan fingerprint density at radius 1 is 0.878 bits per heavy atom. The zero-order valence-electron chi connectivity index (χ0n) is 28.1. The van der Waals surface area contributed by atoms with Crippen LogP contribution in [0.1, 0.15) is 55.0 Å². The number of amides is 1. The van der Waals surface area contributed by atoms with Crippen LogP contribution in [0.4, 0.5) is 10.8 Å². The van der Waals surface area contributed by atoms with Gasteiger partial charge in [-0.1, -0.05) is 99.6 Å². The fourth-order valence-corrected chi connectivity index (χ4v) is 12.6. The predicted octanol–water partition coefficient (Wildman–Crippen LogP) is 7.54. The minimum Gasteiger partial charge on any atom is -0.402 e. The Morgan fingerprint density at radius 2 is 1.51 bits per heavy atom. The molecule has 1 aliphatic heterocycles. The van der Waals surface area contributed by atoms with Crippen LogP contribution >= 0.6 is 11.3 Å². The number of para-hydroxylation sites is 1. The van der Waals surface area contributed by atoms with E-state index in [0.717, 1.165) is 29.9 Å². The molecule has 9 heteroatoms. The zero-order valence-corrected chi connectivity index (χ0v) is 29.9. The summed E-state index contributed by atoms with van der Waals surface area (Å²) in [6, 6.07) is 39.7. The summed E-state index contributed by atoms with van der Waals surface area (Å²) >= 11 is 1.46. The van der Waals surface area contributed by atoms with E-state index in [1.165, 1.54) is 21.7 Å². The number of hydrogen-bond donors (Lipinski definition) is 1. The third-order valence-corrected chi connectivity index (χ3v) is 15.2. The highest BCUT2D eigenvalue weighted by Gasteiger charge is 2.54. The molecule has 3 aromatic heterocycles. The maximum absolute atomic E-state index is 13.6. The Labute approximate surface area is 293 Å². The lowest BCUT2D eigenvalue weighted by molar-refractivity contribution is 0.101. The summed E-state index contributed by atoms with van der Waals surface area (Å²) in [5, 5.41) is 8.10. The minimum absolute atomic E-state index is 0.130. The van der Waals surface area contributed by atoms with Crippen LogP contribution in [-0.2, 0) is 11.0 Å². The van der Waals surface area contributed by atoms with Crippen molar-refractivity contribution in [2.24, 2.45) is 0 Å². The molecular weight excluding hydrogens is 643 g/mol. The molecule has 7 rings (SSSR count). The van der Waals surface area contributed by atoms with E-state index in [9.17, 15) is 4.79 Å². The van der Waals surface area contributed by atoms with E-state index in [1.807, 2.05) is 41.1 Å². The summed E-state index contributed by atoms with van der Waals surface area (Å²) in [4.78, 5) is 25.2. The third kappa shape index (κ3) is 6.61. The molecule has 0 aliphatic carbocycles. The monoisotopic (exact) mass is 683 g/mol. The second-order valence-corrected chi connectivity index (χ2v) is 18.6. The molecule has 1 fully saturated rings. The van der Waals surface area contributed by atoms with Gasteiger partial charge in [-0.25, -0.2) is 4.98 Å². The van der Waals surface area contributed by atoms with E-state index in [0.29, 0.717) is 17.4 Å². The maximum Gasteiger partial charge on any atom is 0.274 e. The molecule has 7 nitrogen and oxygen atoms in total. The van der Waals surface area contributed by atoms with Gasteiger partial charge in [0, 0.05) is 42.7 Å². The largest absolute Gasteiger partial charge is 0.402 e. The molecule has 1 saturated heterocycles. The lowest BCUT2D eigenvalue weighted by Crippen LogP contribution is -2.68. The van der Waals surface area contributed by atoms with Gasteiger partial charge >= 0.3 is 0 Å². The summed E-state index contributed by atoms with van der Waals surface area (Å²) in [5.74, 6) is -0.189. The lowest BCUT2D eigenvalue weighted by Gasteiger charge is -2.45. The first kappa shape index (κ1) is 32.7. The minimum atomic E-state index is -2.84. The van der Waals surface area contributed by atoms with Crippen molar-refractivity contribution in [1.82, 2.24) is 14.5 Å². The van der Waals surface area contributed by atoms with Crippen molar-refractivity contribution in [2.75, 3.05) is 16.8 Å². The molecular formula is C40H41N5O2SSi. The van der Waals surface area contributed by atoms with Crippen molar-refractivity contribution in [3.63, 3.8) is 0 Å². The fourth-order valence-electron chi connectivity index (χ4n) is 7.15. The SMILES string of the molecule is CC(C)(C)[Si](O[C@H]1CCN(c2ccccc2)[C@@H]1c1csc(NC(=O)c2cccn2Cc2ccncc2)n1)(c1ccccc1)c1ccccc1. The Balaban J connectivity index is 1.23. The Bertz CT molecular complexity index is 1940. The van der Waals surface area contributed by atoms with E-state index < -0.39 is 8.32 Å². The number of hydrogen-bond acceptors (Lipinski definition) is 6. The van der Waals surface area contributed by atoms with Gasteiger partial charge in [-0.15, -0.1) is 11.3 Å². The van der Waals surface area contributed by atoms with Crippen molar-refractivity contribution in [1.29, 1.82) is 0 Å². The van der Waals surface area contributed by atoms with Gasteiger partial charge in [0.1, 0.15) is 5.69 Å². The second kappa shape index (κ2) is 14.0. The molecule has 0 bridgehead atoms. The van der Waals surface area contributed by atoms with Gasteiger partial charge in [-0.05, 0) is 63.8 Å². The van der Waals surface area contributed by atoms with Crippen molar-refractivity contribution in [2.45, 2.75) is 50.9 Å². The zero-order chi connectivity index (χ0) is 33.8. The van der Waals surface area contributed by atoms with Gasteiger partial charge in [0.05, 0.1) is 17.8 Å². The summed E-state index contributed by atoms with van der Waals surface area (Å²) in [6.45, 7) is 8.37. The highest BCUT2D eigenvalue weighted by molar-refractivity contribution is 7.14. The molecule has 2 atom stereocenters. The number of carbonyl (C=O) groups excluding carboxylic acids is 1. The molecule has 1 N–H and O–H groups in total. The van der Waals surface area contributed by atoms with Crippen molar-refractivity contribution < 1.29 is 9.22 Å². The smallest absolute Gasteiger partial charge is 0.274 e. The normalized spacial score (nSPS) is 16.5. The van der Waals surface area contributed by atoms with E-state index in [4.69, 9.17) is 9.41 Å². The number of rotatable bonds is 10. The quantitative estimate of drug-likeness (QED) is 0.151. The molecule has 49 heavy (non-hydrogen) atoms. The lowest BCUT2D eigenvalue weighted by atomic mass is 10.1. The van der Waals surface area contributed by atoms with Crippen LogP contribution in [-0.4, -0.2) is 41.4 Å². The molecule has 3 aromatic carbocycles. The average molecular weight is 684 g/mol. The third-order valence-electron chi connectivity index (χ3n) is 9.39. The predicted molar refractivity (Wildman–Crippen MR) is 201 cm³/mol. The highest BCUT2D eigenvalue weighted by atomic mass is 32.1. The number of anilines is 2. The molecule has 0 saturated carbocycles. The number of aromatic nitrogens is 3. The number of carbonyl (C=O) groups is 1. The molecule has 6 aromatic rings. The second-order valence-electron chi connectivity index (χ2n) is 13.5. The van der Waals surface area contributed by atoms with Gasteiger partial charge in [-0.3, -0.25) is 15.1 Å². The fraction of sp³-hybridized carbons (Fsp3) is 0.225. The van der Waals surface area contributed by atoms with E-state index in [2.05, 4.69) is 126 Å². The summed E-state index contributed by atoms with van der Waals surface area (Å²) < 4.78 is 9.69. The molecule has 1 amide bonds. The van der Waals surface area contributed by atoms with Gasteiger partial charge in [0.15, 0.2) is 5.13 Å². The van der Waals surface area contributed by atoms with Crippen LogP contribution in [0.2, 0.25) is 5.04 Å². The van der Waals surface area contributed by atoms with E-state index >= 15 is 0 Å². The summed E-state index contributed by atoms with van der Waals surface area (Å²) in [7, 11) is -2.84. The van der Waals surface area contributed by atoms with E-state index in [1.54, 1.807) is 12.4 Å². The first-order chi connectivity index (χ1) is 23.8. The van der Waals surface area contributed by atoms with Gasteiger partial charge < -0.3 is 13.9 Å². The van der Waals surface area contributed by atoms with Crippen molar-refractivity contribution in [3.05, 3.63) is 156 Å². The molecule has 0 radical (unpaired) electrons. The molecule has 0 spiro atoms. The van der Waals surface area contributed by atoms with Crippen LogP contribution in [0, 0.1) is 0 Å². The molecule has 4 heterocycles. The Hall–Kier alpha value is -4.83. The first-order valence-corrected chi connectivity index (χ1v) is 19.5. The van der Waals surface area contributed by atoms with Crippen LogP contribution in [0.25, 0.3) is 0 Å². The van der Waals surface area contributed by atoms with Crippen molar-refractivity contribution in [3.8, 4) is 0 Å². The number of nitrogens with one attached hydrogen (secondary N) is 1. The first-order valence-electron chi connectivity index (χ1n) is 16.7. The van der Waals surface area contributed by atoms with Gasteiger partial charge in [-0.2, -0.15) is 0 Å². The number of benzene rings is 3. The molecule has 248 valence electrons. The summed E-state index contributed by atoms with van der Waals surface area (Å²) in [6.07, 6.45) is 6.18. The van der Waals surface area contributed by atoms with Crippen LogP contribution in [0.3, 0.4) is 0 Å². The van der Waals surface area contributed by atoms with Crippen molar-refractivity contribution >= 4 is 46.8 Å². The average Bonchev–Trinajstić information content (AvgIpc) is 3.88. The molecule has 1 aliphatic rings. The topological polar surface area (TPSA) is 72.3 Å². The maximum atomic E-state index is 13.6. The Morgan fingerprint density at radius 3 is 2.14 bits per heavy atom. The van der Waals surface area contributed by atoms with E-state index in [-0.39, 0.29) is 23.1 Å². The van der Waals surface area contributed by atoms with Crippen LogP contribution in [0.15, 0.2) is 139 Å². The Kier molecular flexibility index (Phi) is 9.31. The van der Waals surface area contributed by atoms with Crippen LogP contribution < -0.4 is 20.6 Å². The number of nitrogens with zero attached hydrogens (tertiary/aromatic N) is 4. The number of thiazole rings is 1. The van der Waals surface area contributed by atoms with Gasteiger partial charge in [0.2, 0.25) is 0 Å². The standard InChI is InChI=1S/C40H41N5O2SSi/c1-40(2,3)49(32-16-9-5-10-17-32,33-18-11-6-12-19-33)47-36-23-27-45(31-14-7-4-8-15-31)37(36)34-29-48-39(42-34)43-38(46)35-20-13-26-44(35)28-30-21-24-41-25-22-30/h4-22,24-26,29,36-37H,23,27-28H2,1-3H3,(H,42,43,46)/t36-,37+/m0/s1. The number of pyridine rings is 1. The summed E-state index contributed by atoms with van der Waals surface area (Å²) in [5.41, 5.74) is 3.68. The van der Waals surface area contributed by atoms with Gasteiger partial charge in [0.25, 0.3) is 14.2 Å². The molecule has 0 unspecified atom stereocenters. The highest BCUT2D eigenvalue weighted by Crippen LogP contribution is 2.44. The van der Waals surface area contributed by atoms with Crippen LogP contribution in [0.5, 0.6) is 0 Å².